The number of pyridine rings is 1. The number of hydrogen-bond acceptors (Lipinski definition) is 4. The molecule has 0 aromatic carbocycles. The number of ether oxygens (including phenoxy) is 1. The summed E-state index contributed by atoms with van der Waals surface area (Å²) in [5, 5.41) is 0. The SMILES string of the molecule is COC(=O)c1cc(-c2cn(C)cn2)c(C)cn1. The van der Waals surface area contributed by atoms with Crippen LogP contribution in [0.25, 0.3) is 11.3 Å². The van der Waals surface area contributed by atoms with Gasteiger partial charge >= 0.3 is 5.97 Å². The Morgan fingerprint density at radius 3 is 2.76 bits per heavy atom. The zero-order chi connectivity index (χ0) is 12.4. The van der Waals surface area contributed by atoms with E-state index in [9.17, 15) is 4.79 Å². The van der Waals surface area contributed by atoms with Crippen LogP contribution in [0, 0.1) is 6.92 Å². The fourth-order valence-corrected chi connectivity index (χ4v) is 1.57. The lowest BCUT2D eigenvalue weighted by molar-refractivity contribution is 0.0594. The molecule has 0 bridgehead atoms. The van der Waals surface area contributed by atoms with E-state index in [0.717, 1.165) is 16.8 Å². The van der Waals surface area contributed by atoms with Gasteiger partial charge in [-0.15, -0.1) is 0 Å². The minimum absolute atomic E-state index is 0.291. The summed E-state index contributed by atoms with van der Waals surface area (Å²) >= 11 is 0. The Morgan fingerprint density at radius 2 is 2.18 bits per heavy atom. The van der Waals surface area contributed by atoms with E-state index in [1.165, 1.54) is 7.11 Å². The van der Waals surface area contributed by atoms with Crippen molar-refractivity contribution in [3.8, 4) is 11.3 Å². The molecular weight excluding hydrogens is 218 g/mol. The molecule has 0 saturated carbocycles. The predicted molar refractivity (Wildman–Crippen MR) is 62.5 cm³/mol. The Balaban J connectivity index is 2.49. The maximum absolute atomic E-state index is 11.4. The lowest BCUT2D eigenvalue weighted by Crippen LogP contribution is -2.04. The average molecular weight is 231 g/mol. The Labute approximate surface area is 99.1 Å². The summed E-state index contributed by atoms with van der Waals surface area (Å²) in [5.41, 5.74) is 2.97. The number of carbonyl (C=O) groups excluding carboxylic acids is 1. The Hall–Kier alpha value is -2.17. The third-order valence-electron chi connectivity index (χ3n) is 2.48. The van der Waals surface area contributed by atoms with Gasteiger partial charge in [0.1, 0.15) is 5.69 Å². The number of esters is 1. The number of aromatic nitrogens is 3. The van der Waals surface area contributed by atoms with Crippen molar-refractivity contribution in [2.45, 2.75) is 6.92 Å². The van der Waals surface area contributed by atoms with E-state index in [-0.39, 0.29) is 0 Å². The van der Waals surface area contributed by atoms with Crippen molar-refractivity contribution < 1.29 is 9.53 Å². The summed E-state index contributed by atoms with van der Waals surface area (Å²) in [6.45, 7) is 1.93. The normalized spacial score (nSPS) is 10.3. The van der Waals surface area contributed by atoms with Crippen LogP contribution >= 0.6 is 0 Å². The first kappa shape index (κ1) is 11.3. The fraction of sp³-hybridized carbons (Fsp3) is 0.250. The molecule has 88 valence electrons. The van der Waals surface area contributed by atoms with Gasteiger partial charge in [0.2, 0.25) is 0 Å². The summed E-state index contributed by atoms with van der Waals surface area (Å²) < 4.78 is 6.50. The summed E-state index contributed by atoms with van der Waals surface area (Å²) in [5.74, 6) is -0.442. The van der Waals surface area contributed by atoms with Crippen LogP contribution in [0.4, 0.5) is 0 Å². The minimum atomic E-state index is -0.442. The van der Waals surface area contributed by atoms with Crippen LogP contribution in [-0.4, -0.2) is 27.6 Å². The first-order valence-corrected chi connectivity index (χ1v) is 5.15. The predicted octanol–water partition coefficient (Wildman–Crippen LogP) is 1.58. The molecule has 0 atom stereocenters. The fourth-order valence-electron chi connectivity index (χ4n) is 1.57. The standard InChI is InChI=1S/C12H13N3O2/c1-8-5-13-10(12(16)17-3)4-9(8)11-6-15(2)7-14-11/h4-7H,1-3H3. The Morgan fingerprint density at radius 1 is 1.41 bits per heavy atom. The van der Waals surface area contributed by atoms with Gasteiger partial charge in [-0.2, -0.15) is 0 Å². The smallest absolute Gasteiger partial charge is 0.356 e. The molecule has 0 aliphatic rings. The first-order valence-electron chi connectivity index (χ1n) is 5.15. The highest BCUT2D eigenvalue weighted by Crippen LogP contribution is 2.21. The van der Waals surface area contributed by atoms with Gasteiger partial charge in [0.15, 0.2) is 0 Å². The number of imidazole rings is 1. The number of rotatable bonds is 2. The molecule has 0 saturated heterocycles. The summed E-state index contributed by atoms with van der Waals surface area (Å²) in [6.07, 6.45) is 5.26. The highest BCUT2D eigenvalue weighted by molar-refractivity contribution is 5.88. The van der Waals surface area contributed by atoms with Crippen LogP contribution in [0.1, 0.15) is 16.1 Å². The molecule has 0 spiro atoms. The molecule has 0 radical (unpaired) electrons. The summed E-state index contributed by atoms with van der Waals surface area (Å²) in [7, 11) is 3.23. The molecule has 2 heterocycles. The van der Waals surface area contributed by atoms with Gasteiger partial charge in [-0.25, -0.2) is 14.8 Å². The molecule has 0 fully saturated rings. The van der Waals surface area contributed by atoms with Crippen LogP contribution in [0.3, 0.4) is 0 Å². The number of aryl methyl sites for hydroxylation is 2. The average Bonchev–Trinajstić information content (AvgIpc) is 2.75. The van der Waals surface area contributed by atoms with E-state index in [1.54, 1.807) is 18.6 Å². The third-order valence-corrected chi connectivity index (χ3v) is 2.48. The number of hydrogen-bond donors (Lipinski definition) is 0. The lowest BCUT2D eigenvalue weighted by atomic mass is 10.1. The van der Waals surface area contributed by atoms with Gasteiger partial charge < -0.3 is 9.30 Å². The van der Waals surface area contributed by atoms with Crippen LogP contribution in [0.5, 0.6) is 0 Å². The van der Waals surface area contributed by atoms with Crippen LogP contribution < -0.4 is 0 Å². The molecule has 17 heavy (non-hydrogen) atoms. The van der Waals surface area contributed by atoms with Crippen molar-refractivity contribution in [3.63, 3.8) is 0 Å². The zero-order valence-electron chi connectivity index (χ0n) is 9.97. The molecule has 2 rings (SSSR count). The molecule has 0 N–H and O–H groups in total. The van der Waals surface area contributed by atoms with Crippen molar-refractivity contribution in [2.75, 3.05) is 7.11 Å². The van der Waals surface area contributed by atoms with Crippen molar-refractivity contribution in [1.82, 2.24) is 14.5 Å². The van der Waals surface area contributed by atoms with Crippen molar-refractivity contribution in [3.05, 3.63) is 36.0 Å². The second-order valence-corrected chi connectivity index (χ2v) is 3.80. The second kappa shape index (κ2) is 4.37. The monoisotopic (exact) mass is 231 g/mol. The van der Waals surface area contributed by atoms with Gasteiger partial charge in [0.25, 0.3) is 0 Å². The number of methoxy groups -OCH3 is 1. The van der Waals surface area contributed by atoms with Gasteiger partial charge in [-0.1, -0.05) is 0 Å². The lowest BCUT2D eigenvalue weighted by Gasteiger charge is -2.04. The molecule has 5 nitrogen and oxygen atoms in total. The third kappa shape index (κ3) is 2.18. The van der Waals surface area contributed by atoms with E-state index in [4.69, 9.17) is 0 Å². The number of nitrogens with zero attached hydrogens (tertiary/aromatic N) is 3. The first-order chi connectivity index (χ1) is 8.11. The van der Waals surface area contributed by atoms with E-state index in [2.05, 4.69) is 14.7 Å². The maximum Gasteiger partial charge on any atom is 0.356 e. The molecule has 2 aromatic heterocycles. The van der Waals surface area contributed by atoms with Gasteiger partial charge in [0.05, 0.1) is 19.1 Å². The van der Waals surface area contributed by atoms with Gasteiger partial charge in [-0.3, -0.25) is 0 Å². The largest absolute Gasteiger partial charge is 0.464 e. The highest BCUT2D eigenvalue weighted by atomic mass is 16.5. The van der Waals surface area contributed by atoms with Crippen LogP contribution in [0.15, 0.2) is 24.8 Å². The van der Waals surface area contributed by atoms with E-state index in [1.807, 2.05) is 24.7 Å². The minimum Gasteiger partial charge on any atom is -0.464 e. The zero-order valence-corrected chi connectivity index (χ0v) is 9.97. The van der Waals surface area contributed by atoms with Crippen LogP contribution in [0.2, 0.25) is 0 Å². The second-order valence-electron chi connectivity index (χ2n) is 3.80. The van der Waals surface area contributed by atoms with E-state index in [0.29, 0.717) is 5.69 Å². The summed E-state index contributed by atoms with van der Waals surface area (Å²) in [6, 6.07) is 1.70. The van der Waals surface area contributed by atoms with Crippen molar-refractivity contribution in [1.29, 1.82) is 0 Å². The van der Waals surface area contributed by atoms with Crippen molar-refractivity contribution >= 4 is 5.97 Å². The molecule has 2 aromatic rings. The summed E-state index contributed by atoms with van der Waals surface area (Å²) in [4.78, 5) is 19.7. The molecule has 0 amide bonds. The Kier molecular flexibility index (Phi) is 2.91. The van der Waals surface area contributed by atoms with E-state index >= 15 is 0 Å². The van der Waals surface area contributed by atoms with Gasteiger partial charge in [-0.05, 0) is 18.6 Å². The quantitative estimate of drug-likeness (QED) is 0.736. The van der Waals surface area contributed by atoms with E-state index < -0.39 is 5.97 Å². The van der Waals surface area contributed by atoms with Crippen LogP contribution in [-0.2, 0) is 11.8 Å². The van der Waals surface area contributed by atoms with Gasteiger partial charge in [0, 0.05) is 25.0 Å². The van der Waals surface area contributed by atoms with Crippen molar-refractivity contribution in [2.24, 2.45) is 7.05 Å². The Bertz CT molecular complexity index is 561. The molecule has 0 unspecified atom stereocenters. The topological polar surface area (TPSA) is 57.0 Å². The molecule has 5 heteroatoms. The molecule has 0 aliphatic carbocycles. The molecular formula is C12H13N3O2. The maximum atomic E-state index is 11.4. The highest BCUT2D eigenvalue weighted by Gasteiger charge is 2.12. The molecule has 0 aliphatic heterocycles. The number of carbonyl (C=O) groups is 1.